The van der Waals surface area contributed by atoms with Crippen LogP contribution in [0.5, 0.6) is 0 Å². The molecule has 1 aromatic carbocycles. The van der Waals surface area contributed by atoms with Crippen LogP contribution in [-0.4, -0.2) is 27.3 Å². The number of benzene rings is 1. The second-order valence-corrected chi connectivity index (χ2v) is 7.09. The molecule has 2 unspecified atom stereocenters. The third-order valence-electron chi connectivity index (χ3n) is 3.64. The lowest BCUT2D eigenvalue weighted by Gasteiger charge is -2.22. The zero-order valence-electron chi connectivity index (χ0n) is 12.3. The number of hydrogen-bond acceptors (Lipinski definition) is 3. The molecule has 1 rings (SSSR count). The molecule has 2 atom stereocenters. The van der Waals surface area contributed by atoms with Gasteiger partial charge in [0.05, 0.1) is 10.6 Å². The Labute approximate surface area is 117 Å². The summed E-state index contributed by atoms with van der Waals surface area (Å²) in [4.78, 5) is 0.435. The molecule has 4 heteroatoms. The van der Waals surface area contributed by atoms with Crippen molar-refractivity contribution in [1.29, 1.82) is 0 Å². The summed E-state index contributed by atoms with van der Waals surface area (Å²) in [6.07, 6.45) is 1.68. The van der Waals surface area contributed by atoms with Crippen molar-refractivity contribution in [2.75, 3.05) is 12.8 Å². The minimum Gasteiger partial charge on any atom is -0.317 e. The molecule has 0 aliphatic rings. The maximum absolute atomic E-state index is 12.0. The molecule has 1 N–H and O–H groups in total. The molecule has 19 heavy (non-hydrogen) atoms. The molecule has 0 heterocycles. The van der Waals surface area contributed by atoms with Crippen LogP contribution in [0.15, 0.2) is 29.2 Å². The molecule has 0 amide bonds. The van der Waals surface area contributed by atoms with E-state index in [1.807, 2.05) is 26.1 Å². The quantitative estimate of drug-likeness (QED) is 0.837. The Balaban J connectivity index is 2.99. The van der Waals surface area contributed by atoms with E-state index in [0.717, 1.165) is 6.42 Å². The highest BCUT2D eigenvalue weighted by Gasteiger charge is 2.18. The first-order valence-electron chi connectivity index (χ1n) is 6.96. The Hall–Kier alpha value is -0.870. The zero-order valence-corrected chi connectivity index (χ0v) is 13.1. The second-order valence-electron chi connectivity index (χ2n) is 4.98. The summed E-state index contributed by atoms with van der Waals surface area (Å²) in [5.41, 5.74) is 1.19. The second kappa shape index (κ2) is 7.06. The predicted octanol–water partition coefficient (Wildman–Crippen LogP) is 2.97. The molecule has 0 bridgehead atoms. The number of sulfone groups is 1. The molecule has 0 aliphatic heterocycles. The van der Waals surface area contributed by atoms with Crippen molar-refractivity contribution in [3.05, 3.63) is 29.8 Å². The average molecular weight is 283 g/mol. The summed E-state index contributed by atoms with van der Waals surface area (Å²) < 4.78 is 23.9. The van der Waals surface area contributed by atoms with Crippen LogP contribution in [0.1, 0.15) is 45.1 Å². The lowest BCUT2D eigenvalue weighted by atomic mass is 9.90. The van der Waals surface area contributed by atoms with Crippen LogP contribution in [0.25, 0.3) is 0 Å². The summed E-state index contributed by atoms with van der Waals surface area (Å²) >= 11 is 0. The fourth-order valence-electron chi connectivity index (χ4n) is 2.39. The van der Waals surface area contributed by atoms with Gasteiger partial charge in [-0.3, -0.25) is 0 Å². The Kier molecular flexibility index (Phi) is 6.01. The Morgan fingerprint density at radius 1 is 1.16 bits per heavy atom. The monoisotopic (exact) mass is 283 g/mol. The van der Waals surface area contributed by atoms with Crippen LogP contribution < -0.4 is 5.32 Å². The number of nitrogens with one attached hydrogen (secondary N) is 1. The first-order valence-corrected chi connectivity index (χ1v) is 8.61. The van der Waals surface area contributed by atoms with Crippen LogP contribution in [0.2, 0.25) is 0 Å². The summed E-state index contributed by atoms with van der Waals surface area (Å²) in [5.74, 6) is 0.629. The van der Waals surface area contributed by atoms with E-state index in [-0.39, 0.29) is 5.75 Å². The van der Waals surface area contributed by atoms with Gasteiger partial charge >= 0.3 is 0 Å². The first kappa shape index (κ1) is 16.2. The topological polar surface area (TPSA) is 46.2 Å². The van der Waals surface area contributed by atoms with Crippen LogP contribution in [0.3, 0.4) is 0 Å². The van der Waals surface area contributed by atoms with Gasteiger partial charge in [-0.1, -0.05) is 26.0 Å². The molecule has 0 radical (unpaired) electrons. The molecular weight excluding hydrogens is 258 g/mol. The Bertz CT molecular complexity index is 479. The third kappa shape index (κ3) is 4.05. The van der Waals surface area contributed by atoms with Crippen molar-refractivity contribution in [1.82, 2.24) is 5.32 Å². The van der Waals surface area contributed by atoms with E-state index in [1.165, 1.54) is 5.56 Å². The summed E-state index contributed by atoms with van der Waals surface area (Å²) in [6, 6.07) is 7.76. The predicted molar refractivity (Wildman–Crippen MR) is 80.3 cm³/mol. The highest BCUT2D eigenvalue weighted by molar-refractivity contribution is 7.91. The maximum atomic E-state index is 12.0. The van der Waals surface area contributed by atoms with Gasteiger partial charge in [0.2, 0.25) is 0 Å². The van der Waals surface area contributed by atoms with Gasteiger partial charge in [0, 0.05) is 6.04 Å². The molecule has 108 valence electrons. The standard InChI is InChI=1S/C15H25NO2S/c1-5-11-19(17,18)14-9-7-13(8-10-14)15(6-2)12(3)16-4/h7-10,12,15-16H,5-6,11H2,1-4H3. The molecule has 1 aromatic rings. The molecular formula is C15H25NO2S. The van der Waals surface area contributed by atoms with E-state index in [9.17, 15) is 8.42 Å². The summed E-state index contributed by atoms with van der Waals surface area (Å²) in [6.45, 7) is 6.18. The number of rotatable bonds is 7. The van der Waals surface area contributed by atoms with Crippen molar-refractivity contribution in [2.45, 2.75) is 50.5 Å². The number of hydrogen-bond donors (Lipinski definition) is 1. The molecule has 0 aliphatic carbocycles. The zero-order chi connectivity index (χ0) is 14.5. The van der Waals surface area contributed by atoms with Crippen molar-refractivity contribution >= 4 is 9.84 Å². The van der Waals surface area contributed by atoms with E-state index < -0.39 is 9.84 Å². The molecule has 0 spiro atoms. The van der Waals surface area contributed by atoms with E-state index in [1.54, 1.807) is 12.1 Å². The third-order valence-corrected chi connectivity index (χ3v) is 5.58. The van der Waals surface area contributed by atoms with Crippen LogP contribution in [0.4, 0.5) is 0 Å². The van der Waals surface area contributed by atoms with Gasteiger partial charge in [0.1, 0.15) is 0 Å². The fourth-order valence-corrected chi connectivity index (χ4v) is 3.71. The van der Waals surface area contributed by atoms with E-state index in [2.05, 4.69) is 19.2 Å². The smallest absolute Gasteiger partial charge is 0.178 e. The van der Waals surface area contributed by atoms with Gasteiger partial charge in [0.25, 0.3) is 0 Å². The number of likely N-dealkylation sites (N-methyl/N-ethyl adjacent to an activating group) is 1. The van der Waals surface area contributed by atoms with Gasteiger partial charge in [-0.15, -0.1) is 0 Å². The van der Waals surface area contributed by atoms with Gasteiger partial charge in [-0.2, -0.15) is 0 Å². The van der Waals surface area contributed by atoms with Crippen molar-refractivity contribution in [3.8, 4) is 0 Å². The van der Waals surface area contributed by atoms with Crippen LogP contribution in [0, 0.1) is 0 Å². The van der Waals surface area contributed by atoms with Crippen molar-refractivity contribution in [2.24, 2.45) is 0 Å². The average Bonchev–Trinajstić information content (AvgIpc) is 2.40. The highest BCUT2D eigenvalue weighted by atomic mass is 32.2. The lowest BCUT2D eigenvalue weighted by Crippen LogP contribution is -2.28. The van der Waals surface area contributed by atoms with Gasteiger partial charge in [0.15, 0.2) is 9.84 Å². The fraction of sp³-hybridized carbons (Fsp3) is 0.600. The molecule has 3 nitrogen and oxygen atoms in total. The normalized spacial score (nSPS) is 15.2. The van der Waals surface area contributed by atoms with E-state index in [4.69, 9.17) is 0 Å². The molecule has 0 aromatic heterocycles. The van der Waals surface area contributed by atoms with Gasteiger partial charge in [-0.25, -0.2) is 8.42 Å². The summed E-state index contributed by atoms with van der Waals surface area (Å²) in [5, 5.41) is 3.26. The van der Waals surface area contributed by atoms with Crippen molar-refractivity contribution in [3.63, 3.8) is 0 Å². The van der Waals surface area contributed by atoms with E-state index in [0.29, 0.717) is 23.3 Å². The summed E-state index contributed by atoms with van der Waals surface area (Å²) in [7, 11) is -1.15. The van der Waals surface area contributed by atoms with Crippen LogP contribution in [-0.2, 0) is 9.84 Å². The lowest BCUT2D eigenvalue weighted by molar-refractivity contribution is 0.483. The first-order chi connectivity index (χ1) is 8.96. The molecule has 0 saturated heterocycles. The maximum Gasteiger partial charge on any atom is 0.178 e. The Morgan fingerprint density at radius 2 is 1.74 bits per heavy atom. The van der Waals surface area contributed by atoms with E-state index >= 15 is 0 Å². The largest absolute Gasteiger partial charge is 0.317 e. The minimum atomic E-state index is -3.10. The Morgan fingerprint density at radius 3 is 2.16 bits per heavy atom. The van der Waals surface area contributed by atoms with Crippen LogP contribution >= 0.6 is 0 Å². The van der Waals surface area contributed by atoms with Crippen molar-refractivity contribution < 1.29 is 8.42 Å². The van der Waals surface area contributed by atoms with Gasteiger partial charge < -0.3 is 5.32 Å². The minimum absolute atomic E-state index is 0.219. The highest BCUT2D eigenvalue weighted by Crippen LogP contribution is 2.24. The van der Waals surface area contributed by atoms with Gasteiger partial charge in [-0.05, 0) is 50.4 Å². The molecule has 0 fully saturated rings. The SMILES string of the molecule is CCCS(=O)(=O)c1ccc(C(CC)C(C)NC)cc1. The molecule has 0 saturated carbocycles.